The molecule has 0 saturated heterocycles. The van der Waals surface area contributed by atoms with Gasteiger partial charge in [-0.15, -0.1) is 0 Å². The lowest BCUT2D eigenvalue weighted by Crippen LogP contribution is -2.63. The van der Waals surface area contributed by atoms with Gasteiger partial charge in [-0.2, -0.15) is 61.1 Å². The van der Waals surface area contributed by atoms with Gasteiger partial charge in [0, 0.05) is 30.0 Å². The van der Waals surface area contributed by atoms with E-state index in [4.69, 9.17) is 20.0 Å². The van der Waals surface area contributed by atoms with Gasteiger partial charge >= 0.3 is 39.6 Å². The molecule has 1 unspecified atom stereocenters. The van der Waals surface area contributed by atoms with Crippen LogP contribution < -0.4 is 4.74 Å². The summed E-state index contributed by atoms with van der Waals surface area (Å²) in [7, 11) is -11.2. The van der Waals surface area contributed by atoms with Crippen molar-refractivity contribution in [2.24, 2.45) is 0 Å². The molecule has 0 aromatic heterocycles. The van der Waals surface area contributed by atoms with Crippen LogP contribution in [0.2, 0.25) is 5.02 Å². The molecule has 0 spiro atoms. The average Bonchev–Trinajstić information content (AvgIpc) is 3.16. The number of carbonyl (C=O) groups is 1. The summed E-state index contributed by atoms with van der Waals surface area (Å²) in [5.74, 6) is -15.8. The first-order valence-electron chi connectivity index (χ1n) is 15.8. The van der Waals surface area contributed by atoms with Gasteiger partial charge in [0.25, 0.3) is 0 Å². The summed E-state index contributed by atoms with van der Waals surface area (Å²) in [6.07, 6.45) is -12.4. The second-order valence-electron chi connectivity index (χ2n) is 11.8. The quantitative estimate of drug-likeness (QED) is 0.0866. The smallest absolute Gasteiger partial charge is 0.460 e. The molecular formula is C37H23ClF12O5S3. The van der Waals surface area contributed by atoms with Crippen molar-refractivity contribution in [3.05, 3.63) is 143 Å². The van der Waals surface area contributed by atoms with Crippen molar-refractivity contribution < 1.29 is 74.3 Å². The lowest BCUT2D eigenvalue weighted by atomic mass is 10.0. The van der Waals surface area contributed by atoms with Gasteiger partial charge in [-0.1, -0.05) is 59.8 Å². The minimum absolute atomic E-state index is 0.00290. The molecule has 0 radical (unpaired) electrons. The largest absolute Gasteiger partial charge is 0.497 e. The van der Waals surface area contributed by atoms with Crippen molar-refractivity contribution in [1.82, 2.24) is 0 Å². The van der Waals surface area contributed by atoms with Gasteiger partial charge in [0.2, 0.25) is 0 Å². The van der Waals surface area contributed by atoms with E-state index in [1.165, 1.54) is 42.5 Å². The maximum absolute atomic E-state index is 15.3. The highest BCUT2D eigenvalue weighted by Gasteiger charge is 2.86. The molecule has 0 aliphatic rings. The molecule has 310 valence electrons. The van der Waals surface area contributed by atoms with Crippen LogP contribution in [0.5, 0.6) is 5.75 Å². The van der Waals surface area contributed by atoms with Gasteiger partial charge in [0.15, 0.2) is 5.78 Å². The molecule has 5 aromatic carbocycles. The molecule has 0 fully saturated rings. The Morgan fingerprint density at radius 2 is 1.12 bits per heavy atom. The van der Waals surface area contributed by atoms with Gasteiger partial charge in [-0.3, -0.25) is 4.79 Å². The summed E-state index contributed by atoms with van der Waals surface area (Å²) in [4.78, 5) is 12.0. The van der Waals surface area contributed by atoms with E-state index in [0.717, 1.165) is 55.3 Å². The molecule has 1 atom stereocenters. The summed E-state index contributed by atoms with van der Waals surface area (Å²) in [5.41, 5.74) is -1.08. The highest BCUT2D eigenvalue weighted by Crippen LogP contribution is 2.72. The third kappa shape index (κ3) is 8.12. The Morgan fingerprint density at radius 1 is 0.621 bits per heavy atom. The van der Waals surface area contributed by atoms with Gasteiger partial charge in [-0.25, -0.2) is 3.63 Å². The second kappa shape index (κ2) is 16.0. The number of hydrogen-bond donors (Lipinski definition) is 0. The average molecular weight is 907 g/mol. The first-order chi connectivity index (χ1) is 26.8. The van der Waals surface area contributed by atoms with Crippen LogP contribution in [0.1, 0.15) is 21.5 Å². The van der Waals surface area contributed by atoms with Gasteiger partial charge in [0.05, 0.1) is 23.3 Å². The first-order valence-corrected chi connectivity index (χ1v) is 19.9. The fourth-order valence-corrected chi connectivity index (χ4v) is 11.7. The van der Waals surface area contributed by atoms with Crippen LogP contribution >= 0.6 is 33.7 Å². The molecule has 0 heterocycles. The molecule has 21 heteroatoms. The molecule has 5 nitrogen and oxygen atoms in total. The Labute approximate surface area is 332 Å². The Bertz CT molecular complexity index is 2380. The molecule has 5 rings (SSSR count). The Morgan fingerprint density at radius 3 is 1.60 bits per heavy atom. The van der Waals surface area contributed by atoms with E-state index in [0.29, 0.717) is 24.3 Å². The van der Waals surface area contributed by atoms with Crippen LogP contribution in [-0.2, 0) is 19.9 Å². The van der Waals surface area contributed by atoms with Gasteiger partial charge in [-0.05, 0) is 95.2 Å². The van der Waals surface area contributed by atoms with Crippen molar-refractivity contribution in [2.75, 3.05) is 7.11 Å². The van der Waals surface area contributed by atoms with Gasteiger partial charge in [0.1, 0.15) is 5.75 Å². The van der Waals surface area contributed by atoms with Crippen LogP contribution in [0, 0.1) is 0 Å². The first kappa shape index (κ1) is 44.7. The lowest BCUT2D eigenvalue weighted by molar-refractivity contribution is -0.382. The molecule has 0 bridgehead atoms. The predicted molar refractivity (Wildman–Crippen MR) is 190 cm³/mol. The zero-order chi connectivity index (χ0) is 43.1. The van der Waals surface area contributed by atoms with Crippen molar-refractivity contribution in [2.45, 2.75) is 53.9 Å². The summed E-state index contributed by atoms with van der Waals surface area (Å²) in [6.45, 7) is 0. The van der Waals surface area contributed by atoms with E-state index < -0.39 is 75.9 Å². The third-order valence-corrected chi connectivity index (χ3v) is 14.8. The molecule has 0 aliphatic carbocycles. The monoisotopic (exact) mass is 906 g/mol. The van der Waals surface area contributed by atoms with E-state index in [9.17, 15) is 57.1 Å². The number of benzene rings is 5. The number of hydrogen-bond acceptors (Lipinski definition) is 6. The van der Waals surface area contributed by atoms with Crippen molar-refractivity contribution in [3.8, 4) is 5.75 Å². The van der Waals surface area contributed by atoms with E-state index in [-0.39, 0.29) is 31.7 Å². The van der Waals surface area contributed by atoms with Crippen LogP contribution in [0.25, 0.3) is 0 Å². The Kier molecular flexibility index (Phi) is 12.3. The standard InChI is InChI=1S/C37H23ClF12O5S3/c1-54-24-12-18-27(19-13-24)57(26-16-10-23(11-17-26)33(39,40)41,55-58(52,53)37(49,50)35(44,45)34(42,43)36(46,47)48)28-20-14-25(15-21-28)56-30-9-5-8-29(38)31(30)32(51)22-6-3-2-4-7-22/h2-21H,1H3. The Balaban J connectivity index is 1.73. The number of alkyl halides is 12. The summed E-state index contributed by atoms with van der Waals surface area (Å²) < 4.78 is 205. The van der Waals surface area contributed by atoms with E-state index in [2.05, 4.69) is 0 Å². The zero-order valence-electron chi connectivity index (χ0n) is 28.7. The lowest BCUT2D eigenvalue weighted by Gasteiger charge is -2.41. The fourth-order valence-electron chi connectivity index (χ4n) is 5.19. The van der Waals surface area contributed by atoms with Crippen LogP contribution in [0.4, 0.5) is 52.7 Å². The SMILES string of the molecule is COc1ccc(S(OS(=O)(=O)C(F)(F)C(F)(F)C(F)(F)C(F)(F)F)(c2ccc(Sc3cccc(Cl)c3C(=O)c3ccccc3)cc2)c2ccc(C(F)(F)F)cc2)cc1. The maximum atomic E-state index is 15.3. The number of halogens is 13. The second-order valence-corrected chi connectivity index (χ2v) is 17.8. The summed E-state index contributed by atoms with van der Waals surface area (Å²) in [5, 5.41) is -7.30. The fraction of sp³-hybridized carbons (Fsp3) is 0.162. The van der Waals surface area contributed by atoms with E-state index in [1.54, 1.807) is 18.2 Å². The summed E-state index contributed by atoms with van der Waals surface area (Å²) >= 11 is 7.29. The van der Waals surface area contributed by atoms with E-state index in [1.807, 2.05) is 0 Å². The van der Waals surface area contributed by atoms with Crippen LogP contribution in [-0.4, -0.2) is 44.6 Å². The normalized spacial score (nSPS) is 14.7. The van der Waals surface area contributed by atoms with Crippen LogP contribution in [0.15, 0.2) is 146 Å². The predicted octanol–water partition coefficient (Wildman–Crippen LogP) is 12.7. The molecule has 58 heavy (non-hydrogen) atoms. The minimum atomic E-state index is -7.70. The van der Waals surface area contributed by atoms with Crippen molar-refractivity contribution >= 4 is 49.6 Å². The zero-order valence-corrected chi connectivity index (χ0v) is 31.9. The molecule has 0 N–H and O–H groups in total. The van der Waals surface area contributed by atoms with Gasteiger partial charge < -0.3 is 4.74 Å². The topological polar surface area (TPSA) is 69.7 Å². The number of methoxy groups -OCH3 is 1. The van der Waals surface area contributed by atoms with Crippen molar-refractivity contribution in [3.63, 3.8) is 0 Å². The molecule has 0 saturated carbocycles. The highest BCUT2D eigenvalue weighted by atomic mass is 35.5. The van der Waals surface area contributed by atoms with Crippen molar-refractivity contribution in [1.29, 1.82) is 0 Å². The number of ketones is 1. The number of ether oxygens (including phenoxy) is 1. The molecule has 0 aliphatic heterocycles. The molecule has 0 amide bonds. The molecule has 5 aromatic rings. The number of rotatable bonds is 13. The van der Waals surface area contributed by atoms with Crippen LogP contribution in [0.3, 0.4) is 0 Å². The summed E-state index contributed by atoms with van der Waals surface area (Å²) in [6, 6.07) is 22.4. The van der Waals surface area contributed by atoms with E-state index >= 15 is 8.78 Å². The number of carbonyl (C=O) groups excluding carboxylic acids is 1. The Hall–Kier alpha value is -4.37. The molecular weight excluding hydrogens is 884 g/mol. The highest BCUT2D eigenvalue weighted by molar-refractivity contribution is 8.33. The minimum Gasteiger partial charge on any atom is -0.497 e. The third-order valence-electron chi connectivity index (χ3n) is 8.15. The maximum Gasteiger partial charge on any atom is 0.460 e.